The van der Waals surface area contributed by atoms with E-state index in [0.29, 0.717) is 22.5 Å². The van der Waals surface area contributed by atoms with Gasteiger partial charge < -0.3 is 9.73 Å². The fourth-order valence-corrected chi connectivity index (χ4v) is 3.13. The molecule has 7 heteroatoms. The minimum Gasteiger partial charge on any atom is -0.408 e. The Morgan fingerprint density at radius 3 is 2.92 bits per heavy atom. The molecule has 2 amide bonds. The largest absolute Gasteiger partial charge is 0.420 e. The number of allylic oxidation sites excluding steroid dienone is 3. The molecule has 1 aliphatic heterocycles. The summed E-state index contributed by atoms with van der Waals surface area (Å²) in [4.78, 5) is 39.9. The number of aliphatic imine (C=N–C) groups is 1. The molecule has 1 atom stereocenters. The Bertz CT molecular complexity index is 1110. The van der Waals surface area contributed by atoms with Gasteiger partial charge >= 0.3 is 5.76 Å². The molecule has 7 nitrogen and oxygen atoms in total. The summed E-state index contributed by atoms with van der Waals surface area (Å²) in [6, 6.07) is 6.89. The van der Waals surface area contributed by atoms with Crippen LogP contribution in [0.1, 0.15) is 6.92 Å². The van der Waals surface area contributed by atoms with Crippen molar-refractivity contribution in [3.8, 4) is 0 Å². The number of hydrogen-bond donors (Lipinski definition) is 1. The lowest BCUT2D eigenvalue weighted by atomic mass is 9.89. The molecular formula is C19H15N3O4. The third kappa shape index (κ3) is 2.83. The van der Waals surface area contributed by atoms with Crippen LogP contribution in [0.3, 0.4) is 0 Å². The van der Waals surface area contributed by atoms with Crippen molar-refractivity contribution in [1.82, 2.24) is 9.88 Å². The Morgan fingerprint density at radius 1 is 1.27 bits per heavy atom. The van der Waals surface area contributed by atoms with Crippen LogP contribution in [0, 0.1) is 5.92 Å². The SMILES string of the molecule is CC1=CC(=O)NC2=CC(=NC(=O)Cn3c(=O)oc4ccccc43)C=CC12. The highest BCUT2D eigenvalue weighted by Crippen LogP contribution is 2.26. The van der Waals surface area contributed by atoms with Gasteiger partial charge in [0.1, 0.15) is 6.54 Å². The molecule has 2 heterocycles. The second-order valence-corrected chi connectivity index (χ2v) is 6.17. The van der Waals surface area contributed by atoms with Crippen LogP contribution in [0.4, 0.5) is 0 Å². The van der Waals surface area contributed by atoms with Crippen LogP contribution in [-0.4, -0.2) is 22.1 Å². The van der Waals surface area contributed by atoms with Crippen molar-refractivity contribution in [2.24, 2.45) is 10.9 Å². The zero-order chi connectivity index (χ0) is 18.3. The van der Waals surface area contributed by atoms with Gasteiger partial charge in [-0.05, 0) is 31.2 Å². The minimum atomic E-state index is -0.599. The van der Waals surface area contributed by atoms with Crippen LogP contribution >= 0.6 is 0 Å². The van der Waals surface area contributed by atoms with Crippen LogP contribution in [0.5, 0.6) is 0 Å². The molecule has 1 aliphatic carbocycles. The lowest BCUT2D eigenvalue weighted by Gasteiger charge is -2.25. The number of nitrogens with zero attached hydrogens (tertiary/aromatic N) is 2. The van der Waals surface area contributed by atoms with Gasteiger partial charge in [-0.2, -0.15) is 0 Å². The van der Waals surface area contributed by atoms with Gasteiger partial charge in [-0.25, -0.2) is 9.79 Å². The summed E-state index contributed by atoms with van der Waals surface area (Å²) in [6.45, 7) is 1.66. The van der Waals surface area contributed by atoms with E-state index in [0.717, 1.165) is 5.57 Å². The number of aromatic nitrogens is 1. The third-order valence-electron chi connectivity index (χ3n) is 4.34. The van der Waals surface area contributed by atoms with Gasteiger partial charge in [-0.3, -0.25) is 14.2 Å². The number of hydrogen-bond acceptors (Lipinski definition) is 4. The smallest absolute Gasteiger partial charge is 0.408 e. The Labute approximate surface area is 148 Å². The summed E-state index contributed by atoms with van der Waals surface area (Å²) in [5, 5.41) is 2.76. The van der Waals surface area contributed by atoms with E-state index in [1.54, 1.807) is 42.5 Å². The quantitative estimate of drug-likeness (QED) is 0.893. The molecule has 1 aromatic heterocycles. The van der Waals surface area contributed by atoms with Crippen molar-refractivity contribution in [3.05, 3.63) is 70.4 Å². The Kier molecular flexibility index (Phi) is 3.76. The molecule has 0 fully saturated rings. The first-order valence-electron chi connectivity index (χ1n) is 8.10. The number of rotatable bonds is 2. The van der Waals surface area contributed by atoms with Crippen LogP contribution < -0.4 is 11.1 Å². The zero-order valence-corrected chi connectivity index (χ0v) is 13.9. The molecule has 130 valence electrons. The maximum absolute atomic E-state index is 12.3. The first kappa shape index (κ1) is 16.0. The van der Waals surface area contributed by atoms with Gasteiger partial charge in [0.25, 0.3) is 5.91 Å². The predicted molar refractivity (Wildman–Crippen MR) is 95.5 cm³/mol. The average molecular weight is 349 g/mol. The van der Waals surface area contributed by atoms with E-state index >= 15 is 0 Å². The Morgan fingerprint density at radius 2 is 2.08 bits per heavy atom. The van der Waals surface area contributed by atoms with Gasteiger partial charge in [-0.1, -0.05) is 23.8 Å². The Balaban J connectivity index is 1.59. The monoisotopic (exact) mass is 349 g/mol. The standard InChI is InChI=1S/C19H15N3O4/c1-11-8-17(23)21-14-9-12(6-7-13(11)14)20-18(24)10-22-15-4-2-3-5-16(15)26-19(22)25/h2-9,13H,10H2,1H3,(H,21,23). The third-order valence-corrected chi connectivity index (χ3v) is 4.34. The molecule has 2 aliphatic rings. The number of fused-ring (bicyclic) bond motifs is 2. The minimum absolute atomic E-state index is 0.0119. The molecule has 1 unspecified atom stereocenters. The zero-order valence-electron chi connectivity index (χ0n) is 13.9. The van der Waals surface area contributed by atoms with E-state index < -0.39 is 11.7 Å². The number of oxazole rings is 1. The topological polar surface area (TPSA) is 93.7 Å². The highest BCUT2D eigenvalue weighted by molar-refractivity contribution is 6.11. The van der Waals surface area contributed by atoms with Crippen molar-refractivity contribution < 1.29 is 14.0 Å². The van der Waals surface area contributed by atoms with Gasteiger partial charge in [0.15, 0.2) is 5.58 Å². The van der Waals surface area contributed by atoms with E-state index in [1.165, 1.54) is 4.57 Å². The summed E-state index contributed by atoms with van der Waals surface area (Å²) in [5.74, 6) is -1.29. The maximum Gasteiger partial charge on any atom is 0.420 e. The molecule has 0 bridgehead atoms. The lowest BCUT2D eigenvalue weighted by molar-refractivity contribution is -0.118. The van der Waals surface area contributed by atoms with Gasteiger partial charge in [0.2, 0.25) is 5.91 Å². The molecular weight excluding hydrogens is 334 g/mol. The van der Waals surface area contributed by atoms with Crippen LogP contribution in [-0.2, 0) is 16.1 Å². The highest BCUT2D eigenvalue weighted by atomic mass is 16.4. The van der Waals surface area contributed by atoms with Crippen LogP contribution in [0.2, 0.25) is 0 Å². The number of amides is 2. The van der Waals surface area contributed by atoms with Gasteiger partial charge in [-0.15, -0.1) is 0 Å². The normalized spacial score (nSPS) is 20.6. The maximum atomic E-state index is 12.3. The number of nitrogens with one attached hydrogen (secondary N) is 1. The van der Waals surface area contributed by atoms with E-state index in [2.05, 4.69) is 10.3 Å². The second-order valence-electron chi connectivity index (χ2n) is 6.17. The van der Waals surface area contributed by atoms with Crippen molar-refractivity contribution in [2.75, 3.05) is 0 Å². The number of carbonyl (C=O) groups is 2. The molecule has 0 spiro atoms. The van der Waals surface area contributed by atoms with Crippen molar-refractivity contribution in [2.45, 2.75) is 13.5 Å². The molecule has 0 saturated carbocycles. The molecule has 4 rings (SSSR count). The predicted octanol–water partition coefficient (Wildman–Crippen LogP) is 1.71. The van der Waals surface area contributed by atoms with Crippen molar-refractivity contribution >= 4 is 28.6 Å². The highest BCUT2D eigenvalue weighted by Gasteiger charge is 2.24. The lowest BCUT2D eigenvalue weighted by Crippen LogP contribution is -2.32. The molecule has 0 saturated heterocycles. The molecule has 0 radical (unpaired) electrons. The first-order valence-corrected chi connectivity index (χ1v) is 8.10. The summed E-state index contributed by atoms with van der Waals surface area (Å²) in [5.41, 5.74) is 3.02. The van der Waals surface area contributed by atoms with Crippen LogP contribution in [0.15, 0.2) is 74.0 Å². The number of benzene rings is 1. The average Bonchev–Trinajstić information content (AvgIpc) is 2.90. The van der Waals surface area contributed by atoms with Crippen molar-refractivity contribution in [3.63, 3.8) is 0 Å². The summed E-state index contributed by atoms with van der Waals surface area (Å²) in [6.07, 6.45) is 6.84. The van der Waals surface area contributed by atoms with Gasteiger partial charge in [0, 0.05) is 17.7 Å². The fraction of sp³-hybridized carbons (Fsp3) is 0.158. The molecule has 2 aromatic rings. The molecule has 1 aromatic carbocycles. The van der Waals surface area contributed by atoms with Gasteiger partial charge in [0.05, 0.1) is 11.2 Å². The number of para-hydroxylation sites is 2. The van der Waals surface area contributed by atoms with E-state index in [-0.39, 0.29) is 18.4 Å². The number of carbonyl (C=O) groups excluding carboxylic acids is 2. The van der Waals surface area contributed by atoms with E-state index in [4.69, 9.17) is 4.42 Å². The summed E-state index contributed by atoms with van der Waals surface area (Å²) < 4.78 is 6.36. The fourth-order valence-electron chi connectivity index (χ4n) is 3.13. The van der Waals surface area contributed by atoms with Crippen LogP contribution in [0.25, 0.3) is 11.1 Å². The summed E-state index contributed by atoms with van der Waals surface area (Å²) in [7, 11) is 0. The Hall–Kier alpha value is -3.48. The molecule has 1 N–H and O–H groups in total. The van der Waals surface area contributed by atoms with Crippen molar-refractivity contribution in [1.29, 1.82) is 0 Å². The second kappa shape index (κ2) is 6.11. The molecule has 26 heavy (non-hydrogen) atoms. The first-order chi connectivity index (χ1) is 12.5. The van der Waals surface area contributed by atoms with E-state index in [1.807, 2.05) is 13.0 Å². The van der Waals surface area contributed by atoms with E-state index in [9.17, 15) is 14.4 Å². The summed E-state index contributed by atoms with van der Waals surface area (Å²) >= 11 is 0.